The number of ether oxygens (including phenoxy) is 1. The summed E-state index contributed by atoms with van der Waals surface area (Å²) in [5.41, 5.74) is 6.28. The molecule has 0 atom stereocenters. The Hall–Kier alpha value is -1.53. The summed E-state index contributed by atoms with van der Waals surface area (Å²) < 4.78 is 41.2. The zero-order chi connectivity index (χ0) is 14.5. The quantitative estimate of drug-likeness (QED) is 0.812. The highest BCUT2D eigenvalue weighted by atomic mass is 19.4. The summed E-state index contributed by atoms with van der Waals surface area (Å²) in [5, 5.41) is 0. The van der Waals surface area contributed by atoms with Gasteiger partial charge < -0.3 is 10.5 Å². The van der Waals surface area contributed by atoms with Gasteiger partial charge in [0.05, 0.1) is 12.2 Å². The Bertz CT molecular complexity index is 421. The molecule has 0 saturated carbocycles. The first-order valence-corrected chi connectivity index (χ1v) is 6.16. The van der Waals surface area contributed by atoms with Gasteiger partial charge in [0.15, 0.2) is 0 Å². The van der Waals surface area contributed by atoms with Crippen LogP contribution in [0.3, 0.4) is 0 Å². The summed E-state index contributed by atoms with van der Waals surface area (Å²) in [5.74, 6) is 1.14. The smallest absolute Gasteiger partial charge is 0.389 e. The van der Waals surface area contributed by atoms with E-state index in [1.165, 1.54) is 0 Å². The first-order chi connectivity index (χ1) is 8.83. The molecule has 0 unspecified atom stereocenters. The van der Waals surface area contributed by atoms with Crippen molar-refractivity contribution < 1.29 is 17.9 Å². The fourth-order valence-corrected chi connectivity index (χ4v) is 1.48. The van der Waals surface area contributed by atoms with Crippen LogP contribution in [0.5, 0.6) is 5.88 Å². The summed E-state index contributed by atoms with van der Waals surface area (Å²) in [4.78, 5) is 8.26. The molecule has 0 fully saturated rings. The number of halogens is 3. The van der Waals surface area contributed by atoms with E-state index in [2.05, 4.69) is 9.97 Å². The van der Waals surface area contributed by atoms with E-state index in [9.17, 15) is 13.2 Å². The van der Waals surface area contributed by atoms with Gasteiger partial charge in [-0.2, -0.15) is 18.2 Å². The third-order valence-electron chi connectivity index (χ3n) is 2.50. The predicted octanol–water partition coefficient (Wildman–Crippen LogP) is 3.04. The molecule has 4 nitrogen and oxygen atoms in total. The molecule has 0 amide bonds. The number of anilines is 1. The average Bonchev–Trinajstić information content (AvgIpc) is 2.29. The van der Waals surface area contributed by atoms with Gasteiger partial charge in [0.1, 0.15) is 11.6 Å². The molecular formula is C12H18F3N3O. The zero-order valence-corrected chi connectivity index (χ0v) is 11.0. The van der Waals surface area contributed by atoms with Gasteiger partial charge in [0.2, 0.25) is 5.88 Å². The Morgan fingerprint density at radius 3 is 2.53 bits per heavy atom. The molecule has 0 bridgehead atoms. The largest absolute Gasteiger partial charge is 0.477 e. The Morgan fingerprint density at radius 1 is 1.26 bits per heavy atom. The summed E-state index contributed by atoms with van der Waals surface area (Å²) in [6.45, 7) is 3.62. The Balaban J connectivity index is 2.61. The number of nitrogens with zero attached hydrogens (tertiary/aromatic N) is 2. The number of alkyl halides is 3. The van der Waals surface area contributed by atoms with Gasteiger partial charge in [-0.05, 0) is 19.8 Å². The fraction of sp³-hybridized carbons (Fsp3) is 0.667. The lowest BCUT2D eigenvalue weighted by molar-refractivity contribution is -0.136. The monoisotopic (exact) mass is 277 g/mol. The minimum absolute atomic E-state index is 0.0393. The summed E-state index contributed by atoms with van der Waals surface area (Å²) >= 11 is 0. The Labute approximate surface area is 110 Å². The molecule has 0 spiro atoms. The SMILES string of the molecule is CCCc1nc(N)c(C)c(OCCCC(F)(F)F)n1. The third kappa shape index (κ3) is 5.32. The minimum atomic E-state index is -4.16. The van der Waals surface area contributed by atoms with Crippen LogP contribution in [-0.4, -0.2) is 22.8 Å². The number of aromatic nitrogens is 2. The van der Waals surface area contributed by atoms with Crippen LogP contribution in [-0.2, 0) is 6.42 Å². The molecule has 108 valence electrons. The number of hydrogen-bond donors (Lipinski definition) is 1. The van der Waals surface area contributed by atoms with Crippen molar-refractivity contribution in [3.05, 3.63) is 11.4 Å². The third-order valence-corrected chi connectivity index (χ3v) is 2.50. The van der Waals surface area contributed by atoms with Crippen LogP contribution >= 0.6 is 0 Å². The zero-order valence-electron chi connectivity index (χ0n) is 11.0. The molecule has 0 aliphatic heterocycles. The van der Waals surface area contributed by atoms with Crippen LogP contribution in [0.1, 0.15) is 37.6 Å². The first-order valence-electron chi connectivity index (χ1n) is 6.16. The van der Waals surface area contributed by atoms with E-state index in [0.29, 0.717) is 23.6 Å². The molecule has 19 heavy (non-hydrogen) atoms. The van der Waals surface area contributed by atoms with Gasteiger partial charge in [-0.15, -0.1) is 0 Å². The lowest BCUT2D eigenvalue weighted by Gasteiger charge is -2.11. The van der Waals surface area contributed by atoms with E-state index in [0.717, 1.165) is 6.42 Å². The highest BCUT2D eigenvalue weighted by Crippen LogP contribution is 2.23. The molecule has 0 radical (unpaired) electrons. The molecule has 2 N–H and O–H groups in total. The van der Waals surface area contributed by atoms with E-state index in [4.69, 9.17) is 10.5 Å². The van der Waals surface area contributed by atoms with Crippen molar-refractivity contribution in [2.45, 2.75) is 45.7 Å². The van der Waals surface area contributed by atoms with Crippen LogP contribution in [0.2, 0.25) is 0 Å². The van der Waals surface area contributed by atoms with Crippen LogP contribution in [0.25, 0.3) is 0 Å². The molecule has 1 aromatic heterocycles. The highest BCUT2D eigenvalue weighted by Gasteiger charge is 2.26. The second-order valence-corrected chi connectivity index (χ2v) is 4.27. The van der Waals surface area contributed by atoms with Crippen molar-refractivity contribution in [2.24, 2.45) is 0 Å². The molecule has 0 aliphatic rings. The van der Waals surface area contributed by atoms with Gasteiger partial charge >= 0.3 is 6.18 Å². The van der Waals surface area contributed by atoms with E-state index < -0.39 is 12.6 Å². The van der Waals surface area contributed by atoms with Gasteiger partial charge in [-0.25, -0.2) is 4.98 Å². The molecule has 0 aromatic carbocycles. The Kier molecular flexibility index (Phi) is 5.38. The number of nitrogens with two attached hydrogens (primary N) is 1. The number of hydrogen-bond acceptors (Lipinski definition) is 4. The normalized spacial score (nSPS) is 11.6. The van der Waals surface area contributed by atoms with Gasteiger partial charge in [0.25, 0.3) is 0 Å². The van der Waals surface area contributed by atoms with Gasteiger partial charge in [-0.3, -0.25) is 0 Å². The van der Waals surface area contributed by atoms with Gasteiger partial charge in [0, 0.05) is 12.8 Å². The number of nitrogen functional groups attached to an aromatic ring is 1. The van der Waals surface area contributed by atoms with E-state index in [1.54, 1.807) is 6.92 Å². The molecular weight excluding hydrogens is 259 g/mol. The van der Waals surface area contributed by atoms with Crippen molar-refractivity contribution >= 4 is 5.82 Å². The highest BCUT2D eigenvalue weighted by molar-refractivity contribution is 5.44. The standard InChI is InChI=1S/C12H18F3N3O/c1-3-5-9-17-10(16)8(2)11(18-9)19-7-4-6-12(13,14)15/h3-7H2,1-2H3,(H2,16,17,18). The van der Waals surface area contributed by atoms with E-state index in [1.807, 2.05) is 6.92 Å². The molecule has 1 aromatic rings. The van der Waals surface area contributed by atoms with E-state index in [-0.39, 0.29) is 18.9 Å². The van der Waals surface area contributed by atoms with Gasteiger partial charge in [-0.1, -0.05) is 6.92 Å². The molecule has 1 rings (SSSR count). The predicted molar refractivity (Wildman–Crippen MR) is 66.0 cm³/mol. The maximum absolute atomic E-state index is 12.0. The summed E-state index contributed by atoms with van der Waals surface area (Å²) in [6.07, 6.45) is -3.61. The molecule has 7 heteroatoms. The molecule has 0 aliphatic carbocycles. The minimum Gasteiger partial charge on any atom is -0.477 e. The first kappa shape index (κ1) is 15.5. The van der Waals surface area contributed by atoms with Crippen LogP contribution < -0.4 is 10.5 Å². The maximum atomic E-state index is 12.0. The van der Waals surface area contributed by atoms with Crippen molar-refractivity contribution in [2.75, 3.05) is 12.3 Å². The summed E-state index contributed by atoms with van der Waals surface area (Å²) in [7, 11) is 0. The average molecular weight is 277 g/mol. The molecule has 0 saturated heterocycles. The lowest BCUT2D eigenvalue weighted by Crippen LogP contribution is -2.12. The maximum Gasteiger partial charge on any atom is 0.389 e. The number of aryl methyl sites for hydroxylation is 1. The van der Waals surface area contributed by atoms with Crippen molar-refractivity contribution in [3.8, 4) is 5.88 Å². The summed E-state index contributed by atoms with van der Waals surface area (Å²) in [6, 6.07) is 0. The second kappa shape index (κ2) is 6.58. The van der Waals surface area contributed by atoms with E-state index >= 15 is 0 Å². The fourth-order valence-electron chi connectivity index (χ4n) is 1.48. The number of rotatable bonds is 6. The topological polar surface area (TPSA) is 61.0 Å². The van der Waals surface area contributed by atoms with Crippen molar-refractivity contribution in [1.82, 2.24) is 9.97 Å². The van der Waals surface area contributed by atoms with Crippen LogP contribution in [0.15, 0.2) is 0 Å². The van der Waals surface area contributed by atoms with Crippen molar-refractivity contribution in [1.29, 1.82) is 0 Å². The van der Waals surface area contributed by atoms with Crippen molar-refractivity contribution in [3.63, 3.8) is 0 Å². The van der Waals surface area contributed by atoms with Crippen LogP contribution in [0, 0.1) is 6.92 Å². The second-order valence-electron chi connectivity index (χ2n) is 4.27. The van der Waals surface area contributed by atoms with Crippen LogP contribution in [0.4, 0.5) is 19.0 Å². The molecule has 1 heterocycles. The lowest BCUT2D eigenvalue weighted by atomic mass is 10.3. The Morgan fingerprint density at radius 2 is 1.95 bits per heavy atom.